The Kier molecular flexibility index (Phi) is 5.58. The van der Waals surface area contributed by atoms with E-state index in [1.54, 1.807) is 12.1 Å². The molecule has 0 bridgehead atoms. The third kappa shape index (κ3) is 3.91. The molecule has 2 spiro atoms. The maximum atomic E-state index is 13.7. The lowest BCUT2D eigenvalue weighted by Crippen LogP contribution is -2.66. The van der Waals surface area contributed by atoms with Crippen LogP contribution in [0.5, 0.6) is 5.75 Å². The lowest BCUT2D eigenvalue weighted by atomic mass is 9.59. The highest BCUT2D eigenvalue weighted by atomic mass is 19.1. The van der Waals surface area contributed by atoms with Crippen molar-refractivity contribution in [1.82, 2.24) is 0 Å². The van der Waals surface area contributed by atoms with Gasteiger partial charge in [0.1, 0.15) is 18.2 Å². The standard InChI is InChI=1S/C29H28FNO4/c30-23-8-10-24(11-9-23)31-26(28(27(31)32)14-16-29(17-15-28)34-18-19-35-29)22-6-12-25(13-7-22)33-20-21-4-2-1-3-5-21/h1-13,26H,14-20H2/t26-/m1/s1. The maximum Gasteiger partial charge on any atom is 0.236 e. The predicted octanol–water partition coefficient (Wildman–Crippen LogP) is 5.80. The van der Waals surface area contributed by atoms with Crippen LogP contribution in [0.15, 0.2) is 78.9 Å². The van der Waals surface area contributed by atoms with E-state index in [9.17, 15) is 9.18 Å². The Hall–Kier alpha value is -3.22. The Labute approximate surface area is 204 Å². The Morgan fingerprint density at radius 3 is 2.17 bits per heavy atom. The van der Waals surface area contributed by atoms with Gasteiger partial charge >= 0.3 is 0 Å². The van der Waals surface area contributed by atoms with Crippen molar-refractivity contribution < 1.29 is 23.4 Å². The Morgan fingerprint density at radius 1 is 0.857 bits per heavy atom. The first-order valence-corrected chi connectivity index (χ1v) is 12.2. The molecule has 2 aliphatic heterocycles. The summed E-state index contributed by atoms with van der Waals surface area (Å²) in [4.78, 5) is 15.5. The van der Waals surface area contributed by atoms with Crippen LogP contribution in [-0.4, -0.2) is 24.9 Å². The first-order chi connectivity index (χ1) is 17.1. The highest BCUT2D eigenvalue weighted by Gasteiger charge is 2.64. The molecule has 0 unspecified atom stereocenters. The molecule has 1 amide bonds. The molecule has 5 nitrogen and oxygen atoms in total. The van der Waals surface area contributed by atoms with Crippen LogP contribution in [0.4, 0.5) is 10.1 Å². The number of hydrogen-bond acceptors (Lipinski definition) is 4. The number of amides is 1. The van der Waals surface area contributed by atoms with E-state index in [1.807, 2.05) is 59.5 Å². The highest BCUT2D eigenvalue weighted by Crippen LogP contribution is 2.61. The average molecular weight is 474 g/mol. The Bertz CT molecular complexity index is 1180. The van der Waals surface area contributed by atoms with Gasteiger partial charge in [0, 0.05) is 18.5 Å². The van der Waals surface area contributed by atoms with E-state index in [2.05, 4.69) is 0 Å². The zero-order valence-corrected chi connectivity index (χ0v) is 19.5. The third-order valence-electron chi connectivity index (χ3n) is 7.69. The molecule has 6 heteroatoms. The van der Waals surface area contributed by atoms with E-state index in [-0.39, 0.29) is 17.8 Å². The first-order valence-electron chi connectivity index (χ1n) is 12.2. The quantitative estimate of drug-likeness (QED) is 0.440. The predicted molar refractivity (Wildman–Crippen MR) is 129 cm³/mol. The molecule has 3 fully saturated rings. The zero-order chi connectivity index (χ0) is 23.9. The molecule has 0 N–H and O–H groups in total. The molecular formula is C29H28FNO4. The van der Waals surface area contributed by atoms with E-state index in [1.165, 1.54) is 12.1 Å². The fraction of sp³-hybridized carbons (Fsp3) is 0.345. The first kappa shape index (κ1) is 22.3. The second kappa shape index (κ2) is 8.77. The number of β-lactam (4-membered cyclic amide) rings is 1. The number of carbonyl (C=O) groups excluding carboxylic acids is 1. The molecule has 3 aliphatic rings. The van der Waals surface area contributed by atoms with Crippen molar-refractivity contribution in [3.8, 4) is 5.75 Å². The summed E-state index contributed by atoms with van der Waals surface area (Å²) in [7, 11) is 0. The zero-order valence-electron chi connectivity index (χ0n) is 19.5. The van der Waals surface area contributed by atoms with Gasteiger partial charge in [-0.15, -0.1) is 0 Å². The molecule has 35 heavy (non-hydrogen) atoms. The van der Waals surface area contributed by atoms with Crippen molar-refractivity contribution in [1.29, 1.82) is 0 Å². The lowest BCUT2D eigenvalue weighted by Gasteiger charge is -2.59. The number of anilines is 1. The molecule has 3 aromatic carbocycles. The molecule has 180 valence electrons. The van der Waals surface area contributed by atoms with Gasteiger partial charge in [0.05, 0.1) is 24.7 Å². The summed E-state index contributed by atoms with van der Waals surface area (Å²) in [5.74, 6) is 0.0111. The normalized spacial score (nSPS) is 22.4. The molecule has 2 saturated heterocycles. The Balaban J connectivity index is 1.26. The van der Waals surface area contributed by atoms with Gasteiger partial charge in [0.25, 0.3) is 0 Å². The van der Waals surface area contributed by atoms with Gasteiger partial charge in [-0.3, -0.25) is 4.79 Å². The Morgan fingerprint density at radius 2 is 1.51 bits per heavy atom. The van der Waals surface area contributed by atoms with E-state index in [0.29, 0.717) is 51.2 Å². The smallest absolute Gasteiger partial charge is 0.236 e. The number of rotatable bonds is 5. The molecule has 1 atom stereocenters. The maximum absolute atomic E-state index is 13.7. The second-order valence-electron chi connectivity index (χ2n) is 9.66. The van der Waals surface area contributed by atoms with E-state index in [4.69, 9.17) is 14.2 Å². The van der Waals surface area contributed by atoms with Crippen LogP contribution in [-0.2, 0) is 20.9 Å². The molecule has 6 rings (SSSR count). The van der Waals surface area contributed by atoms with Crippen molar-refractivity contribution in [3.05, 3.63) is 95.8 Å². The van der Waals surface area contributed by atoms with Crippen molar-refractivity contribution in [2.45, 2.75) is 44.1 Å². The summed E-state index contributed by atoms with van der Waals surface area (Å²) in [5, 5.41) is 0. The van der Waals surface area contributed by atoms with Gasteiger partial charge < -0.3 is 19.1 Å². The molecule has 0 aromatic heterocycles. The van der Waals surface area contributed by atoms with Crippen LogP contribution in [0.2, 0.25) is 0 Å². The van der Waals surface area contributed by atoms with Crippen LogP contribution in [0, 0.1) is 11.2 Å². The average Bonchev–Trinajstić information content (AvgIpc) is 3.36. The van der Waals surface area contributed by atoms with Crippen LogP contribution in [0.25, 0.3) is 0 Å². The lowest BCUT2D eigenvalue weighted by molar-refractivity contribution is -0.200. The summed E-state index contributed by atoms with van der Waals surface area (Å²) < 4.78 is 31.4. The van der Waals surface area contributed by atoms with Crippen LogP contribution in [0.3, 0.4) is 0 Å². The van der Waals surface area contributed by atoms with Crippen molar-refractivity contribution >= 4 is 11.6 Å². The minimum atomic E-state index is -0.540. The summed E-state index contributed by atoms with van der Waals surface area (Å²) >= 11 is 0. The van der Waals surface area contributed by atoms with Gasteiger partial charge in [-0.1, -0.05) is 42.5 Å². The van der Waals surface area contributed by atoms with Gasteiger partial charge in [-0.05, 0) is 60.4 Å². The largest absolute Gasteiger partial charge is 0.489 e. The third-order valence-corrected chi connectivity index (χ3v) is 7.69. The van der Waals surface area contributed by atoms with Crippen molar-refractivity contribution in [2.75, 3.05) is 18.1 Å². The number of nitrogens with zero attached hydrogens (tertiary/aromatic N) is 1. The molecule has 1 aliphatic carbocycles. The summed E-state index contributed by atoms with van der Waals surface area (Å²) in [5.41, 5.74) is 2.35. The van der Waals surface area contributed by atoms with Crippen molar-refractivity contribution in [2.24, 2.45) is 5.41 Å². The molecule has 3 aromatic rings. The topological polar surface area (TPSA) is 48.0 Å². The number of hydrogen-bond donors (Lipinski definition) is 0. The molecule has 0 radical (unpaired) electrons. The fourth-order valence-electron chi connectivity index (χ4n) is 5.83. The molecule has 1 saturated carbocycles. The fourth-order valence-corrected chi connectivity index (χ4v) is 5.83. The highest BCUT2D eigenvalue weighted by molar-refractivity contribution is 6.06. The summed E-state index contributed by atoms with van der Waals surface area (Å²) in [6, 6.07) is 24.1. The number of ether oxygens (including phenoxy) is 3. The van der Waals surface area contributed by atoms with Crippen LogP contribution in [0.1, 0.15) is 42.9 Å². The summed E-state index contributed by atoms with van der Waals surface area (Å²) in [6.07, 6.45) is 2.79. The minimum absolute atomic E-state index is 0.0892. The number of benzene rings is 3. The van der Waals surface area contributed by atoms with Crippen LogP contribution < -0.4 is 9.64 Å². The van der Waals surface area contributed by atoms with E-state index < -0.39 is 11.2 Å². The van der Waals surface area contributed by atoms with Gasteiger partial charge in [0.15, 0.2) is 5.79 Å². The molecular weight excluding hydrogens is 445 g/mol. The minimum Gasteiger partial charge on any atom is -0.489 e. The van der Waals surface area contributed by atoms with E-state index in [0.717, 1.165) is 16.9 Å². The SMILES string of the molecule is O=C1N(c2ccc(F)cc2)[C@H](c2ccc(OCc3ccccc3)cc2)C12CCC1(CC2)OCCO1. The monoisotopic (exact) mass is 473 g/mol. The summed E-state index contributed by atoms with van der Waals surface area (Å²) in [6.45, 7) is 1.71. The van der Waals surface area contributed by atoms with Gasteiger partial charge in [-0.25, -0.2) is 4.39 Å². The van der Waals surface area contributed by atoms with Crippen molar-refractivity contribution in [3.63, 3.8) is 0 Å². The number of carbonyl (C=O) groups is 1. The second-order valence-corrected chi connectivity index (χ2v) is 9.66. The van der Waals surface area contributed by atoms with Gasteiger partial charge in [-0.2, -0.15) is 0 Å². The van der Waals surface area contributed by atoms with Crippen LogP contribution >= 0.6 is 0 Å². The molecule has 2 heterocycles. The van der Waals surface area contributed by atoms with E-state index >= 15 is 0 Å². The number of halogens is 1. The van der Waals surface area contributed by atoms with Gasteiger partial charge in [0.2, 0.25) is 5.91 Å².